The molecule has 0 atom stereocenters. The molecule has 21 heavy (non-hydrogen) atoms. The highest BCUT2D eigenvalue weighted by Gasteiger charge is 2.32. The standard InChI is InChI=1S/C15H18N4OS/c1-8-3-2-6-18-10(8)7-19-15-11(9-4-5-9)12(16)13(21-15)14(17)20/h2-3,6,9,19H,4-5,7,16H2,1H3,(H2,17,20). The molecule has 2 heterocycles. The highest BCUT2D eigenvalue weighted by Crippen LogP contribution is 2.50. The monoisotopic (exact) mass is 302 g/mol. The number of primary amides is 1. The van der Waals surface area contributed by atoms with Gasteiger partial charge in [-0.05, 0) is 37.3 Å². The number of hydrogen-bond acceptors (Lipinski definition) is 5. The summed E-state index contributed by atoms with van der Waals surface area (Å²) in [5.41, 5.74) is 15.2. The number of nitrogen functional groups attached to an aromatic ring is 1. The van der Waals surface area contributed by atoms with Crippen molar-refractivity contribution in [2.75, 3.05) is 11.1 Å². The number of amides is 1. The predicted octanol–water partition coefficient (Wildman–Crippen LogP) is 2.62. The maximum absolute atomic E-state index is 11.5. The summed E-state index contributed by atoms with van der Waals surface area (Å²) in [5, 5.41) is 4.33. The molecule has 2 aromatic rings. The van der Waals surface area contributed by atoms with Crippen molar-refractivity contribution < 1.29 is 4.79 Å². The van der Waals surface area contributed by atoms with E-state index in [1.165, 1.54) is 11.3 Å². The molecule has 1 aliphatic rings. The average Bonchev–Trinajstić information content (AvgIpc) is 3.22. The number of aromatic nitrogens is 1. The third kappa shape index (κ3) is 2.71. The van der Waals surface area contributed by atoms with Crippen molar-refractivity contribution in [2.45, 2.75) is 32.2 Å². The van der Waals surface area contributed by atoms with Gasteiger partial charge in [0.05, 0.1) is 22.9 Å². The lowest BCUT2D eigenvalue weighted by molar-refractivity contribution is 0.100. The van der Waals surface area contributed by atoms with Crippen molar-refractivity contribution >= 4 is 27.9 Å². The van der Waals surface area contributed by atoms with E-state index in [-0.39, 0.29) is 0 Å². The molecule has 5 nitrogen and oxygen atoms in total. The molecule has 1 aliphatic carbocycles. The SMILES string of the molecule is Cc1cccnc1CNc1sc(C(N)=O)c(N)c1C1CC1. The quantitative estimate of drug-likeness (QED) is 0.791. The molecule has 0 aliphatic heterocycles. The molecule has 5 N–H and O–H groups in total. The predicted molar refractivity (Wildman–Crippen MR) is 85.5 cm³/mol. The second kappa shape index (κ2) is 5.37. The molecule has 3 rings (SSSR count). The van der Waals surface area contributed by atoms with Gasteiger partial charge in [-0.3, -0.25) is 9.78 Å². The van der Waals surface area contributed by atoms with Crippen LogP contribution in [0, 0.1) is 6.92 Å². The highest BCUT2D eigenvalue weighted by atomic mass is 32.1. The van der Waals surface area contributed by atoms with Crippen LogP contribution in [0.3, 0.4) is 0 Å². The minimum Gasteiger partial charge on any atom is -0.397 e. The largest absolute Gasteiger partial charge is 0.397 e. The lowest BCUT2D eigenvalue weighted by Crippen LogP contribution is -2.11. The van der Waals surface area contributed by atoms with E-state index < -0.39 is 5.91 Å². The fourth-order valence-electron chi connectivity index (χ4n) is 2.42. The minimum absolute atomic E-state index is 0.456. The number of nitrogens with one attached hydrogen (secondary N) is 1. The Morgan fingerprint density at radius 2 is 2.29 bits per heavy atom. The number of rotatable bonds is 5. The zero-order chi connectivity index (χ0) is 15.0. The van der Waals surface area contributed by atoms with Gasteiger partial charge in [0.2, 0.25) is 0 Å². The first-order chi connectivity index (χ1) is 10.1. The molecule has 6 heteroatoms. The van der Waals surface area contributed by atoms with Gasteiger partial charge in [-0.15, -0.1) is 11.3 Å². The summed E-state index contributed by atoms with van der Waals surface area (Å²) in [7, 11) is 0. The highest BCUT2D eigenvalue weighted by molar-refractivity contribution is 7.18. The smallest absolute Gasteiger partial charge is 0.260 e. The summed E-state index contributed by atoms with van der Waals surface area (Å²) in [6, 6.07) is 3.95. The molecule has 0 spiro atoms. The molecule has 0 unspecified atom stereocenters. The first-order valence-corrected chi connectivity index (χ1v) is 7.76. The summed E-state index contributed by atoms with van der Waals surface area (Å²) >= 11 is 1.35. The molecule has 0 radical (unpaired) electrons. The van der Waals surface area contributed by atoms with Gasteiger partial charge in [-0.25, -0.2) is 0 Å². The van der Waals surface area contributed by atoms with Crippen molar-refractivity contribution in [1.82, 2.24) is 4.98 Å². The van der Waals surface area contributed by atoms with Gasteiger partial charge >= 0.3 is 0 Å². The van der Waals surface area contributed by atoms with Gasteiger partial charge in [-0.1, -0.05) is 6.07 Å². The lowest BCUT2D eigenvalue weighted by Gasteiger charge is -2.08. The maximum atomic E-state index is 11.5. The molecule has 1 fully saturated rings. The molecule has 0 bridgehead atoms. The van der Waals surface area contributed by atoms with Crippen LogP contribution in [0.15, 0.2) is 18.3 Å². The molecule has 1 saturated carbocycles. The van der Waals surface area contributed by atoms with Crippen LogP contribution in [0.2, 0.25) is 0 Å². The number of nitrogens with two attached hydrogens (primary N) is 2. The van der Waals surface area contributed by atoms with Crippen LogP contribution in [0.25, 0.3) is 0 Å². The maximum Gasteiger partial charge on any atom is 0.260 e. The Morgan fingerprint density at radius 3 is 2.90 bits per heavy atom. The number of thiophene rings is 1. The Kier molecular flexibility index (Phi) is 3.55. The van der Waals surface area contributed by atoms with Gasteiger partial charge in [0.15, 0.2) is 0 Å². The number of anilines is 2. The molecular formula is C15H18N4OS. The van der Waals surface area contributed by atoms with Crippen LogP contribution in [0.5, 0.6) is 0 Å². The second-order valence-electron chi connectivity index (χ2n) is 5.35. The van der Waals surface area contributed by atoms with Crippen molar-refractivity contribution in [1.29, 1.82) is 0 Å². The van der Waals surface area contributed by atoms with E-state index in [1.807, 2.05) is 19.1 Å². The molecule has 1 amide bonds. The van der Waals surface area contributed by atoms with Crippen LogP contribution in [0.1, 0.15) is 45.3 Å². The van der Waals surface area contributed by atoms with Crippen molar-refractivity contribution in [2.24, 2.45) is 5.73 Å². The second-order valence-corrected chi connectivity index (χ2v) is 6.37. The average molecular weight is 302 g/mol. The van der Waals surface area contributed by atoms with Crippen molar-refractivity contribution in [3.8, 4) is 0 Å². The van der Waals surface area contributed by atoms with E-state index in [0.29, 0.717) is 23.0 Å². The Morgan fingerprint density at radius 1 is 1.52 bits per heavy atom. The van der Waals surface area contributed by atoms with E-state index in [2.05, 4.69) is 10.3 Å². The van der Waals surface area contributed by atoms with Crippen LogP contribution < -0.4 is 16.8 Å². The summed E-state index contributed by atoms with van der Waals surface area (Å²) in [4.78, 5) is 16.3. The third-order valence-electron chi connectivity index (χ3n) is 3.73. The zero-order valence-electron chi connectivity index (χ0n) is 11.8. The Hall–Kier alpha value is -2.08. The topological polar surface area (TPSA) is 94.0 Å². The van der Waals surface area contributed by atoms with Crippen molar-refractivity contribution in [3.05, 3.63) is 40.0 Å². The number of pyridine rings is 1. The molecule has 110 valence electrons. The number of aryl methyl sites for hydroxylation is 1. The summed E-state index contributed by atoms with van der Waals surface area (Å²) < 4.78 is 0. The Labute approximate surface area is 127 Å². The van der Waals surface area contributed by atoms with Gasteiger partial charge in [0.1, 0.15) is 4.88 Å². The van der Waals surface area contributed by atoms with Crippen LogP contribution in [-0.4, -0.2) is 10.9 Å². The zero-order valence-corrected chi connectivity index (χ0v) is 12.7. The van der Waals surface area contributed by atoms with E-state index in [1.54, 1.807) is 6.20 Å². The van der Waals surface area contributed by atoms with E-state index in [0.717, 1.165) is 34.7 Å². The van der Waals surface area contributed by atoms with Crippen LogP contribution in [0.4, 0.5) is 10.7 Å². The molecule has 0 saturated heterocycles. The minimum atomic E-state index is -0.457. The van der Waals surface area contributed by atoms with Gasteiger partial charge in [0, 0.05) is 11.8 Å². The first kappa shape index (κ1) is 13.9. The third-order valence-corrected chi connectivity index (χ3v) is 4.92. The Balaban J connectivity index is 1.86. The number of hydrogen-bond donors (Lipinski definition) is 3. The van der Waals surface area contributed by atoms with Crippen LogP contribution in [-0.2, 0) is 6.54 Å². The lowest BCUT2D eigenvalue weighted by atomic mass is 10.1. The fourth-order valence-corrected chi connectivity index (χ4v) is 3.47. The fraction of sp³-hybridized carbons (Fsp3) is 0.333. The van der Waals surface area contributed by atoms with E-state index in [9.17, 15) is 4.79 Å². The normalized spacial score (nSPS) is 14.1. The van der Waals surface area contributed by atoms with Gasteiger partial charge in [-0.2, -0.15) is 0 Å². The molecule has 2 aromatic heterocycles. The van der Waals surface area contributed by atoms with Crippen LogP contribution >= 0.6 is 11.3 Å². The number of nitrogens with zero attached hydrogens (tertiary/aromatic N) is 1. The van der Waals surface area contributed by atoms with Gasteiger partial charge in [0.25, 0.3) is 5.91 Å². The molecule has 0 aromatic carbocycles. The number of carbonyl (C=O) groups is 1. The van der Waals surface area contributed by atoms with E-state index in [4.69, 9.17) is 11.5 Å². The summed E-state index contributed by atoms with van der Waals surface area (Å²) in [5.74, 6) is 0.00291. The number of carbonyl (C=O) groups excluding carboxylic acids is 1. The van der Waals surface area contributed by atoms with Gasteiger partial charge < -0.3 is 16.8 Å². The summed E-state index contributed by atoms with van der Waals surface area (Å²) in [6.45, 7) is 2.65. The molecular weight excluding hydrogens is 284 g/mol. The van der Waals surface area contributed by atoms with E-state index >= 15 is 0 Å². The Bertz CT molecular complexity index is 691. The van der Waals surface area contributed by atoms with Crippen molar-refractivity contribution in [3.63, 3.8) is 0 Å². The first-order valence-electron chi connectivity index (χ1n) is 6.94. The summed E-state index contributed by atoms with van der Waals surface area (Å²) in [6.07, 6.45) is 4.02.